The van der Waals surface area contributed by atoms with Gasteiger partial charge in [0, 0.05) is 25.6 Å². The zero-order valence-electron chi connectivity index (χ0n) is 11.4. The summed E-state index contributed by atoms with van der Waals surface area (Å²) in [7, 11) is 1.35. The van der Waals surface area contributed by atoms with E-state index in [1.54, 1.807) is 13.8 Å². The maximum absolute atomic E-state index is 11.5. The van der Waals surface area contributed by atoms with Crippen molar-refractivity contribution in [2.45, 2.75) is 40.2 Å². The van der Waals surface area contributed by atoms with Crippen LogP contribution < -0.4 is 10.6 Å². The number of hydrogen-bond acceptors (Lipinski definition) is 4. The Kier molecular flexibility index (Phi) is 6.80. The molecule has 0 saturated carbocycles. The number of carbonyl (C=O) groups excluding carboxylic acids is 2. The Morgan fingerprint density at radius 2 is 1.88 bits per heavy atom. The van der Waals surface area contributed by atoms with Crippen molar-refractivity contribution in [1.29, 1.82) is 0 Å². The van der Waals surface area contributed by atoms with Crippen molar-refractivity contribution in [2.24, 2.45) is 5.41 Å². The van der Waals surface area contributed by atoms with Crippen molar-refractivity contribution >= 4 is 11.9 Å². The van der Waals surface area contributed by atoms with E-state index in [0.717, 1.165) is 0 Å². The maximum Gasteiger partial charge on any atom is 0.313 e. The van der Waals surface area contributed by atoms with Crippen LogP contribution in [0.4, 0.5) is 0 Å². The molecule has 0 rings (SSSR count). The summed E-state index contributed by atoms with van der Waals surface area (Å²) in [4.78, 5) is 22.8. The molecule has 0 bridgehead atoms. The van der Waals surface area contributed by atoms with Crippen LogP contribution >= 0.6 is 0 Å². The molecule has 0 aromatic heterocycles. The lowest BCUT2D eigenvalue weighted by Gasteiger charge is -2.21. The van der Waals surface area contributed by atoms with Gasteiger partial charge in [0.15, 0.2) is 0 Å². The van der Waals surface area contributed by atoms with Crippen molar-refractivity contribution in [2.75, 3.05) is 20.2 Å². The van der Waals surface area contributed by atoms with Gasteiger partial charge in [-0.1, -0.05) is 13.8 Å². The number of ether oxygens (including phenoxy) is 1. The molecule has 2 N–H and O–H groups in total. The summed E-state index contributed by atoms with van der Waals surface area (Å²) < 4.78 is 4.66. The van der Waals surface area contributed by atoms with E-state index in [0.29, 0.717) is 25.6 Å². The predicted octanol–water partition coefficient (Wildman–Crippen LogP) is 0.690. The second kappa shape index (κ2) is 7.27. The van der Waals surface area contributed by atoms with E-state index in [9.17, 15) is 9.59 Å². The number of rotatable bonds is 7. The maximum atomic E-state index is 11.5. The van der Waals surface area contributed by atoms with Gasteiger partial charge in [-0.15, -0.1) is 0 Å². The zero-order chi connectivity index (χ0) is 13.5. The molecule has 0 aliphatic carbocycles. The van der Waals surface area contributed by atoms with E-state index in [4.69, 9.17) is 0 Å². The summed E-state index contributed by atoms with van der Waals surface area (Å²) in [5.41, 5.74) is -0.685. The molecule has 5 heteroatoms. The fourth-order valence-electron chi connectivity index (χ4n) is 1.23. The third kappa shape index (κ3) is 6.94. The highest BCUT2D eigenvalue weighted by Gasteiger charge is 2.28. The Bertz CT molecular complexity index is 262. The Morgan fingerprint density at radius 3 is 2.35 bits per heavy atom. The molecular weight excluding hydrogens is 220 g/mol. The molecule has 0 aromatic carbocycles. The average molecular weight is 244 g/mol. The highest BCUT2D eigenvalue weighted by Crippen LogP contribution is 2.15. The van der Waals surface area contributed by atoms with Crippen LogP contribution in [0.25, 0.3) is 0 Å². The fraction of sp³-hybridized carbons (Fsp3) is 0.833. The summed E-state index contributed by atoms with van der Waals surface area (Å²) in [6.07, 6.45) is 0.412. The normalized spacial score (nSPS) is 11.4. The molecule has 0 saturated heterocycles. The van der Waals surface area contributed by atoms with Gasteiger partial charge in [0.05, 0.1) is 12.5 Å². The third-order valence-corrected chi connectivity index (χ3v) is 2.37. The fourth-order valence-corrected chi connectivity index (χ4v) is 1.23. The van der Waals surface area contributed by atoms with E-state index in [1.165, 1.54) is 7.11 Å². The van der Waals surface area contributed by atoms with Crippen molar-refractivity contribution in [3.63, 3.8) is 0 Å². The minimum Gasteiger partial charge on any atom is -0.469 e. The Balaban J connectivity index is 3.87. The van der Waals surface area contributed by atoms with Crippen molar-refractivity contribution in [3.05, 3.63) is 0 Å². The molecule has 0 fully saturated rings. The SMILES string of the molecule is COC(=O)C(C)(C)CNC(=O)CCNC(C)C. The van der Waals surface area contributed by atoms with Crippen LogP contribution in [0.3, 0.4) is 0 Å². The van der Waals surface area contributed by atoms with Crippen LogP contribution in [0, 0.1) is 5.41 Å². The smallest absolute Gasteiger partial charge is 0.313 e. The summed E-state index contributed by atoms with van der Waals surface area (Å²) in [6.45, 7) is 8.47. The summed E-state index contributed by atoms with van der Waals surface area (Å²) in [5, 5.41) is 5.89. The van der Waals surface area contributed by atoms with E-state index in [2.05, 4.69) is 15.4 Å². The number of esters is 1. The lowest BCUT2D eigenvalue weighted by atomic mass is 9.94. The minimum absolute atomic E-state index is 0.0601. The third-order valence-electron chi connectivity index (χ3n) is 2.37. The molecule has 100 valence electrons. The van der Waals surface area contributed by atoms with Crippen LogP contribution in [-0.4, -0.2) is 38.1 Å². The topological polar surface area (TPSA) is 67.4 Å². The molecule has 0 heterocycles. The lowest BCUT2D eigenvalue weighted by Crippen LogP contribution is -2.40. The molecule has 0 aliphatic heterocycles. The van der Waals surface area contributed by atoms with Gasteiger partial charge < -0.3 is 15.4 Å². The van der Waals surface area contributed by atoms with Crippen molar-refractivity contribution in [3.8, 4) is 0 Å². The number of carbonyl (C=O) groups is 2. The van der Waals surface area contributed by atoms with Crippen LogP contribution in [0.5, 0.6) is 0 Å². The summed E-state index contributed by atoms with van der Waals surface area (Å²) >= 11 is 0. The Morgan fingerprint density at radius 1 is 1.29 bits per heavy atom. The first-order valence-electron chi connectivity index (χ1n) is 5.88. The van der Waals surface area contributed by atoms with Gasteiger partial charge in [0.2, 0.25) is 5.91 Å². The molecule has 0 unspecified atom stereocenters. The standard InChI is InChI=1S/C12H24N2O3/c1-9(2)13-7-6-10(15)14-8-12(3,4)11(16)17-5/h9,13H,6-8H2,1-5H3,(H,14,15). The van der Waals surface area contributed by atoms with Gasteiger partial charge >= 0.3 is 5.97 Å². The minimum atomic E-state index is -0.685. The Hall–Kier alpha value is -1.10. The highest BCUT2D eigenvalue weighted by molar-refractivity contribution is 5.79. The van der Waals surface area contributed by atoms with Gasteiger partial charge in [-0.05, 0) is 13.8 Å². The summed E-state index contributed by atoms with van der Waals surface area (Å²) in [6, 6.07) is 0.370. The number of amides is 1. The predicted molar refractivity (Wildman–Crippen MR) is 66.6 cm³/mol. The molecular formula is C12H24N2O3. The number of methoxy groups -OCH3 is 1. The first kappa shape index (κ1) is 15.9. The highest BCUT2D eigenvalue weighted by atomic mass is 16.5. The molecule has 0 atom stereocenters. The molecule has 0 aliphatic rings. The quantitative estimate of drug-likeness (QED) is 0.647. The van der Waals surface area contributed by atoms with Gasteiger partial charge in [0.1, 0.15) is 0 Å². The van der Waals surface area contributed by atoms with Gasteiger partial charge in [0.25, 0.3) is 0 Å². The molecule has 1 amide bonds. The first-order chi connectivity index (χ1) is 7.79. The van der Waals surface area contributed by atoms with Crippen LogP contribution in [0.1, 0.15) is 34.1 Å². The van der Waals surface area contributed by atoms with E-state index < -0.39 is 5.41 Å². The Labute approximate surface area is 103 Å². The van der Waals surface area contributed by atoms with Gasteiger partial charge in [-0.25, -0.2) is 0 Å². The second-order valence-electron chi connectivity index (χ2n) is 5.01. The van der Waals surface area contributed by atoms with Gasteiger partial charge in [-0.3, -0.25) is 9.59 Å². The molecule has 0 aromatic rings. The van der Waals surface area contributed by atoms with Crippen LogP contribution in [0.15, 0.2) is 0 Å². The average Bonchev–Trinajstić information content (AvgIpc) is 2.24. The molecule has 0 spiro atoms. The monoisotopic (exact) mass is 244 g/mol. The van der Waals surface area contributed by atoms with Gasteiger partial charge in [-0.2, -0.15) is 0 Å². The largest absolute Gasteiger partial charge is 0.469 e. The first-order valence-corrected chi connectivity index (χ1v) is 5.88. The second-order valence-corrected chi connectivity index (χ2v) is 5.01. The van der Waals surface area contributed by atoms with Crippen LogP contribution in [0.2, 0.25) is 0 Å². The number of hydrogen-bond donors (Lipinski definition) is 2. The van der Waals surface area contributed by atoms with Crippen molar-refractivity contribution in [1.82, 2.24) is 10.6 Å². The lowest BCUT2D eigenvalue weighted by molar-refractivity contribution is -0.150. The molecule has 5 nitrogen and oxygen atoms in total. The molecule has 17 heavy (non-hydrogen) atoms. The summed E-state index contributed by atoms with van der Waals surface area (Å²) in [5.74, 6) is -0.381. The van der Waals surface area contributed by atoms with E-state index in [1.807, 2.05) is 13.8 Å². The zero-order valence-corrected chi connectivity index (χ0v) is 11.4. The molecule has 0 radical (unpaired) electrons. The van der Waals surface area contributed by atoms with E-state index >= 15 is 0 Å². The van der Waals surface area contributed by atoms with E-state index in [-0.39, 0.29) is 11.9 Å². The van der Waals surface area contributed by atoms with Crippen molar-refractivity contribution < 1.29 is 14.3 Å². The van der Waals surface area contributed by atoms with Crippen LogP contribution in [-0.2, 0) is 14.3 Å². The number of nitrogens with one attached hydrogen (secondary N) is 2.